The number of methoxy groups -OCH3 is 1. The number of pyridine rings is 1. The van der Waals surface area contributed by atoms with Crippen molar-refractivity contribution in [3.05, 3.63) is 53.7 Å². The van der Waals surface area contributed by atoms with Crippen LogP contribution < -0.4 is 15.4 Å². The number of guanidine groups is 1. The van der Waals surface area contributed by atoms with Crippen molar-refractivity contribution >= 4 is 35.8 Å². The van der Waals surface area contributed by atoms with Crippen LogP contribution in [0.2, 0.25) is 0 Å². The molecule has 0 aliphatic rings. The first-order chi connectivity index (χ1) is 13.3. The van der Waals surface area contributed by atoms with E-state index in [9.17, 15) is 13.2 Å². The van der Waals surface area contributed by atoms with Crippen molar-refractivity contribution in [1.82, 2.24) is 15.2 Å². The number of hydrogen-bond acceptors (Lipinski definition) is 4. The van der Waals surface area contributed by atoms with Crippen LogP contribution in [0.1, 0.15) is 11.1 Å². The van der Waals surface area contributed by atoms with Gasteiger partial charge in [0.1, 0.15) is 11.6 Å². The normalized spacial score (nSPS) is 11.4. The van der Waals surface area contributed by atoms with Crippen LogP contribution in [-0.4, -0.2) is 50.1 Å². The SMILES string of the molecule is CN=C(NCCNc1ncccc1C(F)(F)F)N(C)Cc1ccc(OC)cc1.I. The topological polar surface area (TPSA) is 61.8 Å². The van der Waals surface area contributed by atoms with Gasteiger partial charge in [0, 0.05) is 39.9 Å². The molecule has 0 bridgehead atoms. The smallest absolute Gasteiger partial charge is 0.419 e. The Morgan fingerprint density at radius 1 is 1.17 bits per heavy atom. The summed E-state index contributed by atoms with van der Waals surface area (Å²) in [6.45, 7) is 1.26. The van der Waals surface area contributed by atoms with Crippen LogP contribution in [-0.2, 0) is 12.7 Å². The van der Waals surface area contributed by atoms with Crippen LogP contribution in [0.5, 0.6) is 5.75 Å². The molecule has 0 amide bonds. The quantitative estimate of drug-likeness (QED) is 0.250. The fourth-order valence-electron chi connectivity index (χ4n) is 2.59. The van der Waals surface area contributed by atoms with Gasteiger partial charge in [-0.05, 0) is 29.8 Å². The molecule has 0 spiro atoms. The summed E-state index contributed by atoms with van der Waals surface area (Å²) < 4.78 is 44.1. The molecule has 0 fully saturated rings. The van der Waals surface area contributed by atoms with E-state index in [1.807, 2.05) is 36.2 Å². The Kier molecular flexibility index (Phi) is 9.99. The maximum Gasteiger partial charge on any atom is 0.419 e. The lowest BCUT2D eigenvalue weighted by atomic mass is 10.2. The van der Waals surface area contributed by atoms with E-state index < -0.39 is 11.7 Å². The fourth-order valence-corrected chi connectivity index (χ4v) is 2.59. The van der Waals surface area contributed by atoms with E-state index in [0.717, 1.165) is 17.4 Å². The maximum absolute atomic E-state index is 13.0. The Labute approximate surface area is 185 Å². The third kappa shape index (κ3) is 7.59. The first-order valence-electron chi connectivity index (χ1n) is 8.66. The van der Waals surface area contributed by atoms with E-state index in [0.29, 0.717) is 19.0 Å². The molecule has 2 rings (SSSR count). The molecule has 0 unspecified atom stereocenters. The van der Waals surface area contributed by atoms with Crippen LogP contribution in [0.25, 0.3) is 0 Å². The highest BCUT2D eigenvalue weighted by atomic mass is 127. The molecule has 10 heteroatoms. The van der Waals surface area contributed by atoms with Gasteiger partial charge in [-0.15, -0.1) is 24.0 Å². The Morgan fingerprint density at radius 3 is 2.45 bits per heavy atom. The Morgan fingerprint density at radius 2 is 1.86 bits per heavy atom. The summed E-state index contributed by atoms with van der Waals surface area (Å²) in [6.07, 6.45) is -3.12. The van der Waals surface area contributed by atoms with E-state index in [2.05, 4.69) is 20.6 Å². The summed E-state index contributed by atoms with van der Waals surface area (Å²) in [5, 5.41) is 5.84. The molecule has 0 radical (unpaired) electrons. The van der Waals surface area contributed by atoms with Gasteiger partial charge in [0.25, 0.3) is 0 Å². The molecule has 160 valence electrons. The molecule has 2 aromatic rings. The van der Waals surface area contributed by atoms with Gasteiger partial charge in [-0.3, -0.25) is 4.99 Å². The highest BCUT2D eigenvalue weighted by Gasteiger charge is 2.33. The standard InChI is InChI=1S/C19H24F3N5O.HI/c1-23-18(27(2)13-14-6-8-15(28-3)9-7-14)26-12-11-25-17-16(19(20,21)22)5-4-10-24-17;/h4-10H,11-13H2,1-3H3,(H,23,26)(H,24,25);1H. The number of aliphatic imine (C=N–C) groups is 1. The molecular formula is C19H25F3IN5O. The molecule has 6 nitrogen and oxygen atoms in total. The molecular weight excluding hydrogens is 498 g/mol. The summed E-state index contributed by atoms with van der Waals surface area (Å²) in [4.78, 5) is 9.90. The van der Waals surface area contributed by atoms with Gasteiger partial charge in [0.15, 0.2) is 5.96 Å². The average molecular weight is 523 g/mol. The van der Waals surface area contributed by atoms with E-state index in [1.54, 1.807) is 14.2 Å². The molecule has 0 aliphatic heterocycles. The van der Waals surface area contributed by atoms with Crippen LogP contribution in [0.3, 0.4) is 0 Å². The van der Waals surface area contributed by atoms with E-state index in [-0.39, 0.29) is 36.3 Å². The number of alkyl halides is 3. The number of nitrogens with zero attached hydrogens (tertiary/aromatic N) is 3. The van der Waals surface area contributed by atoms with Crippen LogP contribution >= 0.6 is 24.0 Å². The minimum absolute atomic E-state index is 0. The summed E-state index contributed by atoms with van der Waals surface area (Å²) >= 11 is 0. The number of hydrogen-bond donors (Lipinski definition) is 2. The van der Waals surface area contributed by atoms with Crippen molar-refractivity contribution < 1.29 is 17.9 Å². The van der Waals surface area contributed by atoms with E-state index in [1.165, 1.54) is 12.3 Å². The van der Waals surface area contributed by atoms with Gasteiger partial charge in [-0.25, -0.2) is 4.98 Å². The molecule has 1 heterocycles. The summed E-state index contributed by atoms with van der Waals surface area (Å²) in [6, 6.07) is 9.96. The molecule has 0 saturated carbocycles. The van der Waals surface area contributed by atoms with Crippen LogP contribution in [0.15, 0.2) is 47.6 Å². The number of rotatable bonds is 7. The van der Waals surface area contributed by atoms with Crippen molar-refractivity contribution in [2.75, 3.05) is 39.6 Å². The molecule has 0 atom stereocenters. The molecule has 2 N–H and O–H groups in total. The van der Waals surface area contributed by atoms with Gasteiger partial charge in [0.05, 0.1) is 12.7 Å². The van der Waals surface area contributed by atoms with Crippen molar-refractivity contribution in [2.24, 2.45) is 4.99 Å². The average Bonchev–Trinajstić information content (AvgIpc) is 2.68. The molecule has 29 heavy (non-hydrogen) atoms. The minimum Gasteiger partial charge on any atom is -0.497 e. The second kappa shape index (κ2) is 11.7. The maximum atomic E-state index is 13.0. The zero-order valence-electron chi connectivity index (χ0n) is 16.5. The summed E-state index contributed by atoms with van der Waals surface area (Å²) in [7, 11) is 5.15. The molecule has 0 aliphatic carbocycles. The van der Waals surface area contributed by atoms with E-state index in [4.69, 9.17) is 4.74 Å². The van der Waals surface area contributed by atoms with Gasteiger partial charge in [-0.2, -0.15) is 13.2 Å². The monoisotopic (exact) mass is 523 g/mol. The minimum atomic E-state index is -4.45. The molecule has 1 aromatic heterocycles. The van der Waals surface area contributed by atoms with Gasteiger partial charge in [0.2, 0.25) is 0 Å². The van der Waals surface area contributed by atoms with Gasteiger partial charge in [-0.1, -0.05) is 12.1 Å². The zero-order valence-corrected chi connectivity index (χ0v) is 18.8. The largest absolute Gasteiger partial charge is 0.497 e. The summed E-state index contributed by atoms with van der Waals surface area (Å²) in [5.41, 5.74) is 0.295. The lowest BCUT2D eigenvalue weighted by molar-refractivity contribution is -0.137. The van der Waals surface area contributed by atoms with Crippen LogP contribution in [0.4, 0.5) is 19.0 Å². The highest BCUT2D eigenvalue weighted by molar-refractivity contribution is 14.0. The number of nitrogens with one attached hydrogen (secondary N) is 2. The van der Waals surface area contributed by atoms with Crippen molar-refractivity contribution in [2.45, 2.75) is 12.7 Å². The van der Waals surface area contributed by atoms with Crippen molar-refractivity contribution in [3.63, 3.8) is 0 Å². The predicted octanol–water partition coefficient (Wildman–Crippen LogP) is 3.85. The number of benzene rings is 1. The van der Waals surface area contributed by atoms with Crippen LogP contribution in [0, 0.1) is 0 Å². The zero-order chi connectivity index (χ0) is 20.6. The van der Waals surface area contributed by atoms with Crippen molar-refractivity contribution in [3.8, 4) is 5.75 Å². The molecule has 1 aromatic carbocycles. The third-order valence-electron chi connectivity index (χ3n) is 3.97. The van der Waals surface area contributed by atoms with Gasteiger partial charge < -0.3 is 20.3 Å². The third-order valence-corrected chi connectivity index (χ3v) is 3.97. The second-order valence-electron chi connectivity index (χ2n) is 6.00. The fraction of sp³-hybridized carbons (Fsp3) is 0.368. The number of halogens is 4. The molecule has 0 saturated heterocycles. The number of anilines is 1. The van der Waals surface area contributed by atoms with Gasteiger partial charge >= 0.3 is 6.18 Å². The predicted molar refractivity (Wildman–Crippen MR) is 119 cm³/mol. The Bertz CT molecular complexity index is 784. The van der Waals surface area contributed by atoms with E-state index >= 15 is 0 Å². The Balaban J connectivity index is 0.00000420. The number of ether oxygens (including phenoxy) is 1. The first-order valence-corrected chi connectivity index (χ1v) is 8.66. The Hall–Kier alpha value is -2.24. The first kappa shape index (κ1) is 24.8. The van der Waals surface area contributed by atoms with Crippen molar-refractivity contribution in [1.29, 1.82) is 0 Å². The second-order valence-corrected chi connectivity index (χ2v) is 6.00. The lowest BCUT2D eigenvalue weighted by Gasteiger charge is -2.22. The lowest BCUT2D eigenvalue weighted by Crippen LogP contribution is -2.40. The highest BCUT2D eigenvalue weighted by Crippen LogP contribution is 2.33. The summed E-state index contributed by atoms with van der Waals surface area (Å²) in [5.74, 6) is 1.24. The number of aromatic nitrogens is 1.